The highest BCUT2D eigenvalue weighted by molar-refractivity contribution is 9.09. The molecule has 0 spiro atoms. The average Bonchev–Trinajstić information content (AvgIpc) is 2.15. The second kappa shape index (κ2) is 5.45. The summed E-state index contributed by atoms with van der Waals surface area (Å²) in [6, 6.07) is 0. The molecule has 17 heavy (non-hydrogen) atoms. The molecule has 0 N–H and O–H groups in total. The van der Waals surface area contributed by atoms with Crippen LogP contribution in [0.1, 0.15) is 20.8 Å². The van der Waals surface area contributed by atoms with E-state index in [0.717, 1.165) is 13.1 Å². The quantitative estimate of drug-likeness (QED) is 0.723. The highest BCUT2D eigenvalue weighted by Crippen LogP contribution is 2.27. The molecule has 0 amide bonds. The maximum absolute atomic E-state index is 12.4. The Hall–Kier alpha value is 0.190. The molecule has 0 aliphatic carbocycles. The second-order valence-electron chi connectivity index (χ2n) is 5.47. The number of piperazine rings is 1. The Morgan fingerprint density at radius 1 is 1.06 bits per heavy atom. The van der Waals surface area contributed by atoms with Gasteiger partial charge in [0.2, 0.25) is 0 Å². The molecule has 0 bridgehead atoms. The second-order valence-corrected chi connectivity index (χ2v) is 6.57. The molecular weight excluding hydrogens is 297 g/mol. The molecule has 0 radical (unpaired) electrons. The van der Waals surface area contributed by atoms with Gasteiger partial charge >= 0.3 is 6.18 Å². The average molecular weight is 317 g/mol. The van der Waals surface area contributed by atoms with Gasteiger partial charge in [0.05, 0.1) is 0 Å². The van der Waals surface area contributed by atoms with E-state index < -0.39 is 11.0 Å². The molecule has 1 aliphatic heterocycles. The van der Waals surface area contributed by atoms with Gasteiger partial charge in [-0.2, -0.15) is 13.2 Å². The van der Waals surface area contributed by atoms with Crippen LogP contribution in [0.3, 0.4) is 0 Å². The van der Waals surface area contributed by atoms with Crippen LogP contribution in [-0.2, 0) is 0 Å². The molecule has 102 valence electrons. The van der Waals surface area contributed by atoms with Crippen molar-refractivity contribution in [3.63, 3.8) is 0 Å². The molecule has 1 heterocycles. The van der Waals surface area contributed by atoms with Crippen LogP contribution in [0.25, 0.3) is 0 Å². The fourth-order valence-corrected chi connectivity index (χ4v) is 2.34. The lowest BCUT2D eigenvalue weighted by Gasteiger charge is -2.42. The standard InChI is InChI=1S/C11H20BrF3N2/c1-10(2,3)17-6-4-16(5-7-17)8-9(12)11(13,14)15/h9H,4-8H2,1-3H3. The van der Waals surface area contributed by atoms with Crippen LogP contribution in [0.4, 0.5) is 13.2 Å². The summed E-state index contributed by atoms with van der Waals surface area (Å²) in [5, 5.41) is 0. The van der Waals surface area contributed by atoms with E-state index in [1.807, 2.05) is 4.90 Å². The van der Waals surface area contributed by atoms with E-state index in [-0.39, 0.29) is 12.1 Å². The highest BCUT2D eigenvalue weighted by atomic mass is 79.9. The zero-order valence-electron chi connectivity index (χ0n) is 10.5. The third kappa shape index (κ3) is 4.75. The number of halogens is 4. The van der Waals surface area contributed by atoms with Crippen LogP contribution in [0.2, 0.25) is 0 Å². The van der Waals surface area contributed by atoms with Gasteiger partial charge in [-0.25, -0.2) is 0 Å². The summed E-state index contributed by atoms with van der Waals surface area (Å²) in [5.41, 5.74) is 0.101. The first kappa shape index (κ1) is 15.2. The lowest BCUT2D eigenvalue weighted by atomic mass is 10.0. The molecule has 1 atom stereocenters. The molecule has 1 aliphatic rings. The van der Waals surface area contributed by atoms with Crippen LogP contribution in [0.15, 0.2) is 0 Å². The Labute approximate surface area is 109 Å². The first-order chi connectivity index (χ1) is 7.60. The minimum Gasteiger partial charge on any atom is -0.299 e. The molecular formula is C11H20BrF3N2. The lowest BCUT2D eigenvalue weighted by molar-refractivity contribution is -0.131. The third-order valence-corrected chi connectivity index (χ3v) is 3.90. The molecule has 2 nitrogen and oxygen atoms in total. The van der Waals surface area contributed by atoms with E-state index in [4.69, 9.17) is 0 Å². The van der Waals surface area contributed by atoms with Gasteiger partial charge in [-0.05, 0) is 20.8 Å². The lowest BCUT2D eigenvalue weighted by Crippen LogP contribution is -2.54. The Morgan fingerprint density at radius 2 is 1.53 bits per heavy atom. The van der Waals surface area contributed by atoms with Crippen molar-refractivity contribution in [2.45, 2.75) is 37.3 Å². The molecule has 1 fully saturated rings. The van der Waals surface area contributed by atoms with Crippen LogP contribution in [-0.4, -0.2) is 59.1 Å². The smallest absolute Gasteiger partial charge is 0.299 e. The SMILES string of the molecule is CC(C)(C)N1CCN(CC(Br)C(F)(F)F)CC1. The van der Waals surface area contributed by atoms with E-state index in [9.17, 15) is 13.2 Å². The normalized spacial score (nSPS) is 22.8. The molecule has 0 aromatic carbocycles. The molecule has 0 aromatic heterocycles. The molecule has 0 saturated carbocycles. The van der Waals surface area contributed by atoms with Crippen molar-refractivity contribution in [1.29, 1.82) is 0 Å². The summed E-state index contributed by atoms with van der Waals surface area (Å²) in [4.78, 5) is 2.76. The predicted octanol–water partition coefficient (Wildman–Crippen LogP) is 2.73. The molecule has 1 unspecified atom stereocenters. The Bertz CT molecular complexity index is 242. The predicted molar refractivity (Wildman–Crippen MR) is 66.5 cm³/mol. The third-order valence-electron chi connectivity index (χ3n) is 3.09. The first-order valence-electron chi connectivity index (χ1n) is 5.79. The summed E-state index contributed by atoms with van der Waals surface area (Å²) in [7, 11) is 0. The van der Waals surface area contributed by atoms with E-state index in [1.165, 1.54) is 0 Å². The van der Waals surface area contributed by atoms with Crippen molar-refractivity contribution >= 4 is 15.9 Å². The van der Waals surface area contributed by atoms with Gasteiger partial charge in [-0.15, -0.1) is 0 Å². The van der Waals surface area contributed by atoms with Crippen molar-refractivity contribution < 1.29 is 13.2 Å². The van der Waals surface area contributed by atoms with Gasteiger partial charge in [-0.1, -0.05) is 15.9 Å². The van der Waals surface area contributed by atoms with Gasteiger partial charge in [0.25, 0.3) is 0 Å². The van der Waals surface area contributed by atoms with E-state index >= 15 is 0 Å². The molecule has 1 saturated heterocycles. The minimum absolute atomic E-state index is 0.0431. The van der Waals surface area contributed by atoms with Crippen molar-refractivity contribution in [1.82, 2.24) is 9.80 Å². The van der Waals surface area contributed by atoms with Gasteiger partial charge in [0, 0.05) is 38.3 Å². The largest absolute Gasteiger partial charge is 0.402 e. The molecule has 1 rings (SSSR count). The number of hydrogen-bond donors (Lipinski definition) is 0. The van der Waals surface area contributed by atoms with Crippen molar-refractivity contribution in [2.24, 2.45) is 0 Å². The molecule has 6 heteroatoms. The van der Waals surface area contributed by atoms with Crippen LogP contribution >= 0.6 is 15.9 Å². The maximum atomic E-state index is 12.4. The van der Waals surface area contributed by atoms with E-state index in [0.29, 0.717) is 13.1 Å². The van der Waals surface area contributed by atoms with Gasteiger partial charge < -0.3 is 0 Å². The fourth-order valence-electron chi connectivity index (χ4n) is 1.93. The maximum Gasteiger partial charge on any atom is 0.402 e. The minimum atomic E-state index is -4.15. The monoisotopic (exact) mass is 316 g/mol. The van der Waals surface area contributed by atoms with E-state index in [1.54, 1.807) is 0 Å². The Morgan fingerprint density at radius 3 is 1.88 bits per heavy atom. The van der Waals surface area contributed by atoms with Crippen LogP contribution in [0.5, 0.6) is 0 Å². The summed E-state index contributed by atoms with van der Waals surface area (Å²) >= 11 is 2.71. The zero-order chi connectivity index (χ0) is 13.3. The van der Waals surface area contributed by atoms with Crippen LogP contribution in [0, 0.1) is 0 Å². The summed E-state index contributed by atoms with van der Waals surface area (Å²) in [6.45, 7) is 9.51. The van der Waals surface area contributed by atoms with Gasteiger partial charge in [0.1, 0.15) is 4.83 Å². The van der Waals surface area contributed by atoms with Crippen molar-refractivity contribution in [2.75, 3.05) is 32.7 Å². The number of rotatable bonds is 2. The topological polar surface area (TPSA) is 6.48 Å². The summed E-state index contributed by atoms with van der Waals surface area (Å²) < 4.78 is 37.2. The summed E-state index contributed by atoms with van der Waals surface area (Å²) in [6.07, 6.45) is -4.15. The van der Waals surface area contributed by atoms with Gasteiger partial charge in [0.15, 0.2) is 0 Å². The van der Waals surface area contributed by atoms with Crippen LogP contribution < -0.4 is 0 Å². The number of alkyl halides is 4. The number of nitrogens with zero attached hydrogens (tertiary/aromatic N) is 2. The summed E-state index contributed by atoms with van der Waals surface area (Å²) in [5.74, 6) is 0. The zero-order valence-corrected chi connectivity index (χ0v) is 12.1. The fraction of sp³-hybridized carbons (Fsp3) is 1.00. The Balaban J connectivity index is 2.38. The first-order valence-corrected chi connectivity index (χ1v) is 6.70. The van der Waals surface area contributed by atoms with Crippen molar-refractivity contribution in [3.05, 3.63) is 0 Å². The Kier molecular flexibility index (Phi) is 4.88. The van der Waals surface area contributed by atoms with Crippen molar-refractivity contribution in [3.8, 4) is 0 Å². The van der Waals surface area contributed by atoms with E-state index in [2.05, 4.69) is 41.6 Å². The molecule has 0 aromatic rings. The number of hydrogen-bond acceptors (Lipinski definition) is 2. The highest BCUT2D eigenvalue weighted by Gasteiger charge is 2.39. The van der Waals surface area contributed by atoms with Gasteiger partial charge in [-0.3, -0.25) is 9.80 Å².